The summed E-state index contributed by atoms with van der Waals surface area (Å²) in [7, 11) is 6.19. The summed E-state index contributed by atoms with van der Waals surface area (Å²) in [6.07, 6.45) is 0. The molecule has 1 heterocycles. The van der Waals surface area contributed by atoms with Crippen molar-refractivity contribution in [2.24, 2.45) is 7.05 Å². The maximum absolute atomic E-state index is 6.06. The van der Waals surface area contributed by atoms with Gasteiger partial charge in [0.15, 0.2) is 0 Å². The second kappa shape index (κ2) is 5.38. The Balaban J connectivity index is 2.12. The van der Waals surface area contributed by atoms with Gasteiger partial charge in [0, 0.05) is 47.9 Å². The molecular weight excluding hydrogens is 280 g/mol. The molecule has 2 nitrogen and oxygen atoms in total. The minimum absolute atomic E-state index is 0.769. The van der Waals surface area contributed by atoms with Gasteiger partial charge in [0.1, 0.15) is 7.05 Å². The van der Waals surface area contributed by atoms with Crippen LogP contribution in [0.5, 0.6) is 0 Å². The van der Waals surface area contributed by atoms with E-state index in [1.54, 1.807) is 0 Å². The van der Waals surface area contributed by atoms with E-state index < -0.39 is 0 Å². The Labute approximate surface area is 130 Å². The molecule has 106 valence electrons. The molecule has 0 amide bonds. The molecule has 3 aromatic rings. The van der Waals surface area contributed by atoms with E-state index in [9.17, 15) is 0 Å². The van der Waals surface area contributed by atoms with Gasteiger partial charge in [-0.3, -0.25) is 0 Å². The molecule has 0 saturated heterocycles. The SMILES string of the molecule is CN(C)c1ccc(-c2ccc3cc(Cl)ccc3[n+]2C)cc1. The fraction of sp³-hybridized carbons (Fsp3) is 0.167. The minimum atomic E-state index is 0.769. The molecule has 2 aromatic carbocycles. The number of hydrogen-bond donors (Lipinski definition) is 0. The molecule has 0 saturated carbocycles. The molecule has 0 N–H and O–H groups in total. The Morgan fingerprint density at radius 2 is 1.62 bits per heavy atom. The predicted molar refractivity (Wildman–Crippen MR) is 89.9 cm³/mol. The molecule has 0 fully saturated rings. The lowest BCUT2D eigenvalue weighted by molar-refractivity contribution is -0.633. The first-order valence-corrected chi connectivity index (χ1v) is 7.30. The highest BCUT2D eigenvalue weighted by Gasteiger charge is 2.14. The van der Waals surface area contributed by atoms with Crippen molar-refractivity contribution in [2.75, 3.05) is 19.0 Å². The van der Waals surface area contributed by atoms with Crippen molar-refractivity contribution >= 4 is 28.2 Å². The van der Waals surface area contributed by atoms with Gasteiger partial charge in [-0.2, -0.15) is 4.57 Å². The van der Waals surface area contributed by atoms with E-state index in [0.717, 1.165) is 10.4 Å². The highest BCUT2D eigenvalue weighted by atomic mass is 35.5. The average molecular weight is 298 g/mol. The summed E-state index contributed by atoms with van der Waals surface area (Å²) in [6.45, 7) is 0. The largest absolute Gasteiger partial charge is 0.378 e. The molecule has 0 bridgehead atoms. The fourth-order valence-corrected chi connectivity index (χ4v) is 2.78. The summed E-state index contributed by atoms with van der Waals surface area (Å²) in [4.78, 5) is 2.10. The minimum Gasteiger partial charge on any atom is -0.378 e. The number of benzene rings is 2. The van der Waals surface area contributed by atoms with Crippen LogP contribution in [0.3, 0.4) is 0 Å². The van der Waals surface area contributed by atoms with Gasteiger partial charge in [-0.1, -0.05) is 11.6 Å². The van der Waals surface area contributed by atoms with Crippen molar-refractivity contribution in [3.63, 3.8) is 0 Å². The van der Waals surface area contributed by atoms with E-state index in [2.05, 4.69) is 73.1 Å². The number of fused-ring (bicyclic) bond motifs is 1. The smallest absolute Gasteiger partial charge is 0.212 e. The molecule has 3 rings (SSSR count). The van der Waals surface area contributed by atoms with Crippen molar-refractivity contribution in [3.05, 3.63) is 59.6 Å². The van der Waals surface area contributed by atoms with Gasteiger partial charge in [0.2, 0.25) is 11.2 Å². The van der Waals surface area contributed by atoms with Crippen LogP contribution in [0.25, 0.3) is 22.2 Å². The second-order valence-corrected chi connectivity index (χ2v) is 5.86. The number of halogens is 1. The third-order valence-electron chi connectivity index (χ3n) is 3.81. The third kappa shape index (κ3) is 2.59. The highest BCUT2D eigenvalue weighted by molar-refractivity contribution is 6.31. The molecule has 21 heavy (non-hydrogen) atoms. The number of nitrogens with zero attached hydrogens (tertiary/aromatic N) is 2. The monoisotopic (exact) mass is 297 g/mol. The van der Waals surface area contributed by atoms with Crippen LogP contribution < -0.4 is 9.47 Å². The van der Waals surface area contributed by atoms with Crippen molar-refractivity contribution in [2.45, 2.75) is 0 Å². The van der Waals surface area contributed by atoms with Crippen molar-refractivity contribution in [1.82, 2.24) is 0 Å². The van der Waals surface area contributed by atoms with Crippen LogP contribution in [0.15, 0.2) is 54.6 Å². The Kier molecular flexibility index (Phi) is 3.56. The van der Waals surface area contributed by atoms with Gasteiger partial charge in [-0.15, -0.1) is 0 Å². The van der Waals surface area contributed by atoms with Crippen LogP contribution in [0.1, 0.15) is 0 Å². The van der Waals surface area contributed by atoms with E-state index in [0.29, 0.717) is 0 Å². The maximum Gasteiger partial charge on any atom is 0.212 e. The van der Waals surface area contributed by atoms with Gasteiger partial charge < -0.3 is 4.90 Å². The zero-order valence-electron chi connectivity index (χ0n) is 12.5. The van der Waals surface area contributed by atoms with Gasteiger partial charge >= 0.3 is 0 Å². The molecule has 0 radical (unpaired) electrons. The molecule has 0 unspecified atom stereocenters. The zero-order chi connectivity index (χ0) is 15.0. The lowest BCUT2D eigenvalue weighted by Gasteiger charge is -2.12. The van der Waals surface area contributed by atoms with Gasteiger partial charge in [-0.05, 0) is 42.5 Å². The lowest BCUT2D eigenvalue weighted by atomic mass is 10.1. The summed E-state index contributed by atoms with van der Waals surface area (Å²) in [5, 5.41) is 1.92. The normalized spacial score (nSPS) is 10.9. The Morgan fingerprint density at radius 1 is 0.905 bits per heavy atom. The van der Waals surface area contributed by atoms with Crippen molar-refractivity contribution < 1.29 is 4.57 Å². The zero-order valence-corrected chi connectivity index (χ0v) is 13.2. The molecule has 0 spiro atoms. The summed E-state index contributed by atoms with van der Waals surface area (Å²) in [6, 6.07) is 18.9. The van der Waals surface area contributed by atoms with Crippen LogP contribution in [-0.2, 0) is 7.05 Å². The van der Waals surface area contributed by atoms with Gasteiger partial charge in [0.25, 0.3) is 0 Å². The molecule has 0 aliphatic carbocycles. The third-order valence-corrected chi connectivity index (χ3v) is 4.05. The van der Waals surface area contributed by atoms with Gasteiger partial charge in [-0.25, -0.2) is 0 Å². The topological polar surface area (TPSA) is 7.12 Å². The summed E-state index contributed by atoms with van der Waals surface area (Å²) in [5.74, 6) is 0. The summed E-state index contributed by atoms with van der Waals surface area (Å²) in [5.41, 5.74) is 4.78. The van der Waals surface area contributed by atoms with Crippen LogP contribution in [0.4, 0.5) is 5.69 Å². The van der Waals surface area contributed by atoms with Gasteiger partial charge in [0.05, 0.1) is 0 Å². The number of anilines is 1. The Hall–Kier alpha value is -2.06. The number of pyridine rings is 1. The second-order valence-electron chi connectivity index (χ2n) is 5.42. The molecule has 3 heteroatoms. The van der Waals surface area contributed by atoms with Crippen LogP contribution in [0, 0.1) is 0 Å². The fourth-order valence-electron chi connectivity index (χ4n) is 2.59. The number of aryl methyl sites for hydroxylation is 1. The Bertz CT molecular complexity index is 792. The standard InChI is InChI=1S/C18H18ClN2/c1-20(2)16-8-4-13(5-9-16)17-10-6-14-12-15(19)7-11-18(14)21(17)3/h4-12H,1-3H3/q+1. The summed E-state index contributed by atoms with van der Waals surface area (Å²) < 4.78 is 2.20. The molecule has 0 aliphatic rings. The van der Waals surface area contributed by atoms with E-state index in [-0.39, 0.29) is 0 Å². The Morgan fingerprint density at radius 3 is 2.29 bits per heavy atom. The maximum atomic E-state index is 6.06. The van der Waals surface area contributed by atoms with Crippen molar-refractivity contribution in [3.8, 4) is 11.3 Å². The first kappa shape index (κ1) is 13.9. The molecule has 0 aliphatic heterocycles. The first-order valence-electron chi connectivity index (χ1n) is 6.92. The van der Waals surface area contributed by atoms with Crippen LogP contribution in [-0.4, -0.2) is 14.1 Å². The van der Waals surface area contributed by atoms with E-state index in [4.69, 9.17) is 11.6 Å². The molecule has 1 aromatic heterocycles. The first-order chi connectivity index (χ1) is 10.1. The van der Waals surface area contributed by atoms with E-state index in [1.165, 1.54) is 22.5 Å². The molecular formula is C18H18ClN2+. The number of rotatable bonds is 2. The van der Waals surface area contributed by atoms with Crippen molar-refractivity contribution in [1.29, 1.82) is 0 Å². The van der Waals surface area contributed by atoms with Crippen LogP contribution >= 0.6 is 11.6 Å². The highest BCUT2D eigenvalue weighted by Crippen LogP contribution is 2.23. The predicted octanol–water partition coefficient (Wildman–Crippen LogP) is 4.05. The van der Waals surface area contributed by atoms with E-state index >= 15 is 0 Å². The lowest BCUT2D eigenvalue weighted by Crippen LogP contribution is -2.31. The average Bonchev–Trinajstić information content (AvgIpc) is 2.47. The van der Waals surface area contributed by atoms with Crippen LogP contribution in [0.2, 0.25) is 5.02 Å². The van der Waals surface area contributed by atoms with E-state index in [1.807, 2.05) is 12.1 Å². The summed E-state index contributed by atoms with van der Waals surface area (Å²) >= 11 is 6.06. The number of aromatic nitrogens is 1. The number of hydrogen-bond acceptors (Lipinski definition) is 1. The molecule has 0 atom stereocenters. The quantitative estimate of drug-likeness (QED) is 0.647.